The van der Waals surface area contributed by atoms with Crippen molar-refractivity contribution in [2.45, 2.75) is 193 Å². The fourth-order valence-corrected chi connectivity index (χ4v) is 6.64. The van der Waals surface area contributed by atoms with E-state index in [-0.39, 0.29) is 12.8 Å². The van der Waals surface area contributed by atoms with Gasteiger partial charge in [0.1, 0.15) is 12.7 Å². The van der Waals surface area contributed by atoms with Gasteiger partial charge in [-0.3, -0.25) is 18.6 Å². The summed E-state index contributed by atoms with van der Waals surface area (Å²) in [5, 5.41) is 21.8. The summed E-state index contributed by atoms with van der Waals surface area (Å²) in [6.07, 6.45) is 46.7. The summed E-state index contributed by atoms with van der Waals surface area (Å²) in [5.41, 5.74) is 0. The van der Waals surface area contributed by atoms with E-state index < -0.39 is 57.6 Å². The van der Waals surface area contributed by atoms with E-state index in [0.717, 1.165) is 96.3 Å². The third-order valence-corrected chi connectivity index (χ3v) is 10.3. The molecule has 0 bridgehead atoms. The van der Waals surface area contributed by atoms with Crippen LogP contribution in [0.15, 0.2) is 60.8 Å². The summed E-state index contributed by atoms with van der Waals surface area (Å²) in [5.74, 6) is -2.39. The van der Waals surface area contributed by atoms with Crippen LogP contribution in [0.2, 0.25) is 0 Å². The van der Waals surface area contributed by atoms with Crippen LogP contribution >= 0.6 is 7.82 Å². The van der Waals surface area contributed by atoms with Gasteiger partial charge in [0.25, 0.3) is 0 Å². The van der Waals surface area contributed by atoms with Crippen LogP contribution in [0.4, 0.5) is 0 Å². The zero-order valence-corrected chi connectivity index (χ0v) is 37.0. The van der Waals surface area contributed by atoms with Crippen molar-refractivity contribution in [3.8, 4) is 0 Å². The minimum absolute atomic E-state index is 0.130. The number of carboxylic acid groups (broad SMARTS) is 1. The summed E-state index contributed by atoms with van der Waals surface area (Å²) in [6.45, 7) is 2.46. The molecule has 0 aliphatic rings. The van der Waals surface area contributed by atoms with Crippen LogP contribution in [0.3, 0.4) is 0 Å². The van der Waals surface area contributed by atoms with E-state index in [4.69, 9.17) is 13.8 Å². The number of phosphoric ester groups is 1. The van der Waals surface area contributed by atoms with Gasteiger partial charge >= 0.3 is 19.8 Å². The van der Waals surface area contributed by atoms with Gasteiger partial charge in [0, 0.05) is 12.8 Å². The number of rotatable bonds is 41. The maximum Gasteiger partial charge on any atom is 0.472 e. The molecule has 3 unspecified atom stereocenters. The number of esters is 1. The van der Waals surface area contributed by atoms with Gasteiger partial charge in [-0.2, -0.15) is 0 Å². The highest BCUT2D eigenvalue weighted by Crippen LogP contribution is 2.43. The normalized spacial score (nSPS) is 14.3. The lowest BCUT2D eigenvalue weighted by atomic mass is 10.1. The van der Waals surface area contributed by atoms with Crippen molar-refractivity contribution >= 4 is 25.7 Å². The predicted molar refractivity (Wildman–Crippen MR) is 235 cm³/mol. The lowest BCUT2D eigenvalue weighted by Gasteiger charge is -2.18. The molecule has 0 saturated heterocycles. The zero-order valence-electron chi connectivity index (χ0n) is 36.1. The minimum atomic E-state index is -4.76. The number of phosphoric acid groups is 1. The SMILES string of the molecule is CC/C=C\C/C=C\C/C=C\C/C=C\C/C=C\CCCCCCCCCC(=O)NC(COP(=O)(O)OCC(O)COC(=O)CCCCCCCCCCCCC)C(=O)O. The number of allylic oxidation sites excluding steroid dienone is 10. The number of hydrogen-bond acceptors (Lipinski definition) is 8. The number of hydrogen-bond donors (Lipinski definition) is 4. The van der Waals surface area contributed by atoms with Crippen molar-refractivity contribution in [1.82, 2.24) is 5.32 Å². The van der Waals surface area contributed by atoms with Gasteiger partial charge in [-0.05, 0) is 57.8 Å². The summed E-state index contributed by atoms with van der Waals surface area (Å²) < 4.78 is 26.8. The third kappa shape index (κ3) is 40.0. The van der Waals surface area contributed by atoms with Gasteiger partial charge in [0.05, 0.1) is 13.2 Å². The maximum atomic E-state index is 12.3. The van der Waals surface area contributed by atoms with E-state index in [9.17, 15) is 34.1 Å². The quantitative estimate of drug-likeness (QED) is 0.0201. The Morgan fingerprint density at radius 3 is 1.50 bits per heavy atom. The molecule has 0 saturated carbocycles. The van der Waals surface area contributed by atoms with Gasteiger partial charge in [-0.15, -0.1) is 0 Å². The molecule has 0 heterocycles. The minimum Gasteiger partial charge on any atom is -0.480 e. The molecule has 12 heteroatoms. The lowest BCUT2D eigenvalue weighted by Crippen LogP contribution is -2.43. The number of aliphatic carboxylic acids is 1. The molecule has 1 amide bonds. The van der Waals surface area contributed by atoms with Gasteiger partial charge in [-0.25, -0.2) is 9.36 Å². The molecule has 334 valence electrons. The number of carbonyl (C=O) groups is 3. The van der Waals surface area contributed by atoms with Crippen molar-refractivity contribution in [2.24, 2.45) is 0 Å². The standard InChI is InChI=1S/C46H80NO10P/c1-3-5-7-9-11-13-15-16-17-18-19-20-21-22-23-24-25-26-28-29-31-33-35-37-44(49)47-43(46(51)52)41-57-58(53,54)56-40-42(48)39-55-45(50)38-36-34-32-30-27-14-12-10-8-6-4-2/h5,7,11,13,16-17,19-20,22-23,42-43,48H,3-4,6,8-10,12,14-15,18,21,24-41H2,1-2H3,(H,47,49)(H,51,52)(H,53,54)/b7-5-,13-11-,17-16-,20-19-,23-22-. The Labute approximate surface area is 351 Å². The van der Waals surface area contributed by atoms with Crippen LogP contribution in [-0.2, 0) is 32.7 Å². The number of carboxylic acids is 1. The highest BCUT2D eigenvalue weighted by atomic mass is 31.2. The van der Waals surface area contributed by atoms with Crippen molar-refractivity contribution in [2.75, 3.05) is 19.8 Å². The first-order valence-electron chi connectivity index (χ1n) is 22.3. The first-order chi connectivity index (χ1) is 28.1. The highest BCUT2D eigenvalue weighted by Gasteiger charge is 2.28. The Kier molecular flexibility index (Phi) is 38.9. The molecule has 11 nitrogen and oxygen atoms in total. The fourth-order valence-electron chi connectivity index (χ4n) is 5.87. The average molecular weight is 838 g/mol. The molecule has 0 radical (unpaired) electrons. The van der Waals surface area contributed by atoms with Crippen LogP contribution in [0.25, 0.3) is 0 Å². The smallest absolute Gasteiger partial charge is 0.472 e. The number of nitrogens with one attached hydrogen (secondary N) is 1. The number of amides is 1. The fraction of sp³-hybridized carbons (Fsp3) is 0.717. The molecule has 0 aliphatic heterocycles. The van der Waals surface area contributed by atoms with Gasteiger partial charge in [0.2, 0.25) is 5.91 Å². The second-order valence-electron chi connectivity index (χ2n) is 14.9. The van der Waals surface area contributed by atoms with E-state index in [1.54, 1.807) is 0 Å². The molecular weight excluding hydrogens is 757 g/mol. The number of carbonyl (C=O) groups excluding carboxylic acids is 2. The molecule has 0 fully saturated rings. The van der Waals surface area contributed by atoms with Crippen LogP contribution in [0.5, 0.6) is 0 Å². The Morgan fingerprint density at radius 2 is 1.00 bits per heavy atom. The summed E-state index contributed by atoms with van der Waals surface area (Å²) in [6, 6.07) is -1.55. The molecule has 58 heavy (non-hydrogen) atoms. The summed E-state index contributed by atoms with van der Waals surface area (Å²) >= 11 is 0. The number of aliphatic hydroxyl groups is 1. The Balaban J connectivity index is 3.92. The second-order valence-corrected chi connectivity index (χ2v) is 16.3. The lowest BCUT2D eigenvalue weighted by molar-refractivity contribution is -0.147. The molecule has 0 aromatic carbocycles. The van der Waals surface area contributed by atoms with E-state index in [0.29, 0.717) is 12.8 Å². The molecule has 0 aromatic heterocycles. The van der Waals surface area contributed by atoms with E-state index in [2.05, 4.69) is 79.9 Å². The van der Waals surface area contributed by atoms with E-state index >= 15 is 0 Å². The monoisotopic (exact) mass is 838 g/mol. The zero-order chi connectivity index (χ0) is 42.8. The maximum absolute atomic E-state index is 12.3. The predicted octanol–water partition coefficient (Wildman–Crippen LogP) is 11.6. The van der Waals surface area contributed by atoms with Crippen LogP contribution in [-0.4, -0.2) is 64.9 Å². The topological polar surface area (TPSA) is 169 Å². The third-order valence-electron chi connectivity index (χ3n) is 9.32. The van der Waals surface area contributed by atoms with Crippen molar-refractivity contribution < 1.29 is 47.8 Å². The summed E-state index contributed by atoms with van der Waals surface area (Å²) in [7, 11) is -4.76. The summed E-state index contributed by atoms with van der Waals surface area (Å²) in [4.78, 5) is 45.9. The van der Waals surface area contributed by atoms with Crippen molar-refractivity contribution in [3.05, 3.63) is 60.8 Å². The van der Waals surface area contributed by atoms with Gasteiger partial charge in [-0.1, -0.05) is 171 Å². The molecular formula is C46H80NO10P. The van der Waals surface area contributed by atoms with Crippen molar-refractivity contribution in [3.63, 3.8) is 0 Å². The van der Waals surface area contributed by atoms with Crippen LogP contribution in [0, 0.1) is 0 Å². The van der Waals surface area contributed by atoms with Crippen molar-refractivity contribution in [1.29, 1.82) is 0 Å². The van der Waals surface area contributed by atoms with E-state index in [1.807, 2.05) is 0 Å². The van der Waals surface area contributed by atoms with Crippen LogP contribution in [0.1, 0.15) is 181 Å². The first kappa shape index (κ1) is 55.2. The van der Waals surface area contributed by atoms with Gasteiger partial charge < -0.3 is 25.2 Å². The van der Waals surface area contributed by atoms with Gasteiger partial charge in [0.15, 0.2) is 6.04 Å². The number of ether oxygens (including phenoxy) is 1. The largest absolute Gasteiger partial charge is 0.480 e. The highest BCUT2D eigenvalue weighted by molar-refractivity contribution is 7.47. The first-order valence-corrected chi connectivity index (χ1v) is 23.8. The number of unbranched alkanes of at least 4 members (excludes halogenated alkanes) is 17. The molecule has 0 aromatic rings. The molecule has 0 aliphatic carbocycles. The molecule has 4 N–H and O–H groups in total. The Bertz CT molecular complexity index is 1210. The number of aliphatic hydroxyl groups excluding tert-OH is 1. The second kappa shape index (κ2) is 40.9. The molecule has 0 spiro atoms. The molecule has 0 rings (SSSR count). The Hall–Kier alpha value is -2.82. The van der Waals surface area contributed by atoms with Crippen LogP contribution < -0.4 is 5.32 Å². The van der Waals surface area contributed by atoms with E-state index in [1.165, 1.54) is 44.9 Å². The molecule has 3 atom stereocenters. The Morgan fingerprint density at radius 1 is 0.569 bits per heavy atom. The average Bonchev–Trinajstić information content (AvgIpc) is 3.20.